The number of benzene rings is 2. The largest absolute Gasteiger partial charge is 0.497 e. The zero-order chi connectivity index (χ0) is 21.8. The van der Waals surface area contributed by atoms with E-state index >= 15 is 0 Å². The Bertz CT molecular complexity index is 1220. The maximum absolute atomic E-state index is 11.6. The average Bonchev–Trinajstić information content (AvgIpc) is 3.16. The summed E-state index contributed by atoms with van der Waals surface area (Å²) in [6.07, 6.45) is 12.8. The molecule has 0 fully saturated rings. The molecule has 4 rings (SSSR count). The topological polar surface area (TPSA) is 51.5 Å². The number of rotatable bonds is 4. The summed E-state index contributed by atoms with van der Waals surface area (Å²) in [6, 6.07) is 17.0. The van der Waals surface area contributed by atoms with Crippen molar-refractivity contribution in [1.29, 1.82) is 0 Å². The van der Waals surface area contributed by atoms with Crippen molar-refractivity contribution in [3.63, 3.8) is 0 Å². The van der Waals surface area contributed by atoms with Crippen LogP contribution in [0.5, 0.6) is 5.75 Å². The summed E-state index contributed by atoms with van der Waals surface area (Å²) in [4.78, 5) is 11.6. The molecule has 0 bridgehead atoms. The van der Waals surface area contributed by atoms with Crippen LogP contribution in [0.1, 0.15) is 21.6 Å². The maximum atomic E-state index is 11.6. The van der Waals surface area contributed by atoms with Crippen LogP contribution < -0.4 is 4.74 Å². The lowest BCUT2D eigenvalue weighted by molar-refractivity contribution is 0.0697. The summed E-state index contributed by atoms with van der Waals surface area (Å²) in [6.45, 7) is 4.08. The first-order chi connectivity index (χ1) is 15.1. The highest BCUT2D eigenvalue weighted by Crippen LogP contribution is 2.33. The Morgan fingerprint density at radius 2 is 1.84 bits per heavy atom. The third-order valence-corrected chi connectivity index (χ3v) is 5.21. The van der Waals surface area contributed by atoms with Crippen molar-refractivity contribution < 1.29 is 14.6 Å². The third-order valence-electron chi connectivity index (χ3n) is 5.21. The van der Waals surface area contributed by atoms with Gasteiger partial charge in [0, 0.05) is 11.4 Å². The van der Waals surface area contributed by atoms with Crippen LogP contribution in [-0.2, 0) is 6.42 Å². The Hall–Kier alpha value is -4.05. The molecule has 31 heavy (non-hydrogen) atoms. The van der Waals surface area contributed by atoms with E-state index in [1.54, 1.807) is 25.3 Å². The highest BCUT2D eigenvalue weighted by molar-refractivity contribution is 5.88. The van der Waals surface area contributed by atoms with Gasteiger partial charge in [0.1, 0.15) is 5.75 Å². The summed E-state index contributed by atoms with van der Waals surface area (Å²) in [5.41, 5.74) is 6.05. The number of ether oxygens (including phenoxy) is 1. The van der Waals surface area contributed by atoms with E-state index in [0.29, 0.717) is 0 Å². The molecule has 4 nitrogen and oxygen atoms in total. The number of hydrogen-bond acceptors (Lipinski definition) is 2. The smallest absolute Gasteiger partial charge is 0.335 e. The van der Waals surface area contributed by atoms with Gasteiger partial charge in [0.15, 0.2) is 0 Å². The second-order valence-corrected chi connectivity index (χ2v) is 7.26. The standard InChI is InChI=1S/C27H23NO3/c1-19-7-4-3-5-8-21-18-26(20-12-14-24(31-2)15-13-20)28(25(21)16-11-19)23-10-6-9-22(17-23)27(29)30/h3-7,9-18H,1,8H2,2H3,(H,29,30)/b5-3-,7-4-,16-11?. The van der Waals surface area contributed by atoms with E-state index in [-0.39, 0.29) is 5.56 Å². The monoisotopic (exact) mass is 409 g/mol. The normalized spacial score (nSPS) is 15.2. The van der Waals surface area contributed by atoms with Gasteiger partial charge in [-0.15, -0.1) is 0 Å². The fourth-order valence-electron chi connectivity index (χ4n) is 3.65. The number of fused-ring (bicyclic) bond motifs is 1. The van der Waals surface area contributed by atoms with Gasteiger partial charge in [0.2, 0.25) is 0 Å². The van der Waals surface area contributed by atoms with Crippen LogP contribution in [0.15, 0.2) is 97.1 Å². The fraction of sp³-hybridized carbons (Fsp3) is 0.0741. The molecule has 4 heteroatoms. The van der Waals surface area contributed by atoms with Gasteiger partial charge < -0.3 is 14.4 Å². The predicted octanol–water partition coefficient (Wildman–Crippen LogP) is 6.09. The number of carbonyl (C=O) groups is 1. The summed E-state index contributed by atoms with van der Waals surface area (Å²) in [5.74, 6) is -0.167. The summed E-state index contributed by atoms with van der Waals surface area (Å²) in [7, 11) is 1.64. The van der Waals surface area contributed by atoms with E-state index in [4.69, 9.17) is 4.74 Å². The number of methoxy groups -OCH3 is 1. The van der Waals surface area contributed by atoms with Gasteiger partial charge in [-0.25, -0.2) is 4.79 Å². The number of hydrogen-bond donors (Lipinski definition) is 1. The van der Waals surface area contributed by atoms with E-state index in [9.17, 15) is 9.90 Å². The second-order valence-electron chi connectivity index (χ2n) is 7.26. The first kappa shape index (κ1) is 20.2. The van der Waals surface area contributed by atoms with Crippen molar-refractivity contribution in [2.24, 2.45) is 0 Å². The molecule has 1 N–H and O–H groups in total. The summed E-state index contributed by atoms with van der Waals surface area (Å²) >= 11 is 0. The molecule has 0 saturated carbocycles. The molecular weight excluding hydrogens is 386 g/mol. The van der Waals surface area contributed by atoms with Crippen molar-refractivity contribution in [2.75, 3.05) is 7.11 Å². The van der Waals surface area contributed by atoms with Crippen molar-refractivity contribution in [3.8, 4) is 22.7 Å². The molecule has 2 aromatic carbocycles. The number of carboxylic acids is 1. The molecule has 0 amide bonds. The molecule has 0 aliphatic heterocycles. The molecule has 0 unspecified atom stereocenters. The Morgan fingerprint density at radius 1 is 1.03 bits per heavy atom. The zero-order valence-corrected chi connectivity index (χ0v) is 17.3. The Balaban J connectivity index is 1.97. The molecule has 1 aliphatic carbocycles. The van der Waals surface area contributed by atoms with E-state index in [2.05, 4.69) is 23.3 Å². The molecular formula is C27H23NO3. The van der Waals surface area contributed by atoms with Crippen LogP contribution in [-0.4, -0.2) is 22.8 Å². The molecule has 0 saturated heterocycles. The zero-order valence-electron chi connectivity index (χ0n) is 17.3. The Labute approximate surface area is 181 Å². The Kier molecular flexibility index (Phi) is 5.72. The molecule has 0 spiro atoms. The lowest BCUT2D eigenvalue weighted by Gasteiger charge is -2.14. The van der Waals surface area contributed by atoms with E-state index in [0.717, 1.165) is 45.9 Å². The quantitative estimate of drug-likeness (QED) is 0.567. The molecule has 1 heterocycles. The van der Waals surface area contributed by atoms with Gasteiger partial charge in [-0.3, -0.25) is 0 Å². The van der Waals surface area contributed by atoms with Gasteiger partial charge >= 0.3 is 5.97 Å². The molecule has 1 aromatic heterocycles. The number of aromatic carboxylic acids is 1. The molecule has 3 aromatic rings. The SMILES string of the molecule is C=C1C=Cc2c(cc(-c3ccc(OC)cc3)n2-c2cccc(C(=O)O)c2)C/C=C\C=C/1. The first-order valence-electron chi connectivity index (χ1n) is 10.00. The molecule has 154 valence electrons. The van der Waals surface area contributed by atoms with E-state index in [1.807, 2.05) is 60.7 Å². The fourth-order valence-corrected chi connectivity index (χ4v) is 3.65. The highest BCUT2D eigenvalue weighted by atomic mass is 16.5. The number of aromatic nitrogens is 1. The first-order valence-corrected chi connectivity index (χ1v) is 10.00. The van der Waals surface area contributed by atoms with Gasteiger partial charge in [-0.2, -0.15) is 0 Å². The van der Waals surface area contributed by atoms with E-state index < -0.39 is 5.97 Å². The molecule has 1 aliphatic rings. The second kappa shape index (κ2) is 8.76. The van der Waals surface area contributed by atoms with Crippen molar-refractivity contribution in [3.05, 3.63) is 114 Å². The van der Waals surface area contributed by atoms with Crippen LogP contribution >= 0.6 is 0 Å². The third kappa shape index (κ3) is 4.28. The predicted molar refractivity (Wildman–Crippen MR) is 125 cm³/mol. The lowest BCUT2D eigenvalue weighted by atomic mass is 10.1. The summed E-state index contributed by atoms with van der Waals surface area (Å²) in [5, 5.41) is 9.51. The van der Waals surface area contributed by atoms with Gasteiger partial charge in [0.05, 0.1) is 18.4 Å². The van der Waals surface area contributed by atoms with Crippen LogP contribution in [0.25, 0.3) is 23.0 Å². The number of carboxylic acid groups (broad SMARTS) is 1. The van der Waals surface area contributed by atoms with Crippen molar-refractivity contribution in [1.82, 2.24) is 4.57 Å². The van der Waals surface area contributed by atoms with Gasteiger partial charge in [-0.05, 0) is 77.7 Å². The number of nitrogens with zero attached hydrogens (tertiary/aromatic N) is 1. The van der Waals surface area contributed by atoms with Crippen molar-refractivity contribution in [2.45, 2.75) is 6.42 Å². The maximum Gasteiger partial charge on any atom is 0.335 e. The van der Waals surface area contributed by atoms with Gasteiger partial charge in [-0.1, -0.05) is 43.0 Å². The van der Waals surface area contributed by atoms with Gasteiger partial charge in [0.25, 0.3) is 0 Å². The van der Waals surface area contributed by atoms with Crippen LogP contribution in [0.4, 0.5) is 0 Å². The van der Waals surface area contributed by atoms with Crippen LogP contribution in [0, 0.1) is 0 Å². The van der Waals surface area contributed by atoms with Crippen LogP contribution in [0.2, 0.25) is 0 Å². The average molecular weight is 409 g/mol. The minimum Gasteiger partial charge on any atom is -0.497 e. The molecule has 0 radical (unpaired) electrons. The minimum atomic E-state index is -0.951. The van der Waals surface area contributed by atoms with Crippen molar-refractivity contribution >= 4 is 12.0 Å². The highest BCUT2D eigenvalue weighted by Gasteiger charge is 2.17. The molecule has 0 atom stereocenters. The summed E-state index contributed by atoms with van der Waals surface area (Å²) < 4.78 is 7.41. The van der Waals surface area contributed by atoms with Crippen LogP contribution in [0.3, 0.4) is 0 Å². The van der Waals surface area contributed by atoms with E-state index in [1.165, 1.54) is 0 Å². The number of allylic oxidation sites excluding steroid dienone is 6. The minimum absolute atomic E-state index is 0.247. The lowest BCUT2D eigenvalue weighted by Crippen LogP contribution is -2.03. The Morgan fingerprint density at radius 3 is 2.58 bits per heavy atom.